The molecule has 1 atom stereocenters. The number of nitrogens with zero attached hydrogens (tertiary/aromatic N) is 3. The molecule has 3 aliphatic rings. The van der Waals surface area contributed by atoms with Gasteiger partial charge in [-0.3, -0.25) is 14.5 Å². The summed E-state index contributed by atoms with van der Waals surface area (Å²) in [5.41, 5.74) is 0.284. The van der Waals surface area contributed by atoms with Crippen molar-refractivity contribution in [2.75, 3.05) is 65.7 Å². The number of ether oxygens (including phenoxy) is 2. The number of hydrogen-bond acceptors (Lipinski definition) is 9. The van der Waals surface area contributed by atoms with Gasteiger partial charge in [0, 0.05) is 49.7 Å². The number of sulfonamides is 1. The molecular weight excluding hydrogens is 518 g/mol. The van der Waals surface area contributed by atoms with Crippen LogP contribution in [0.1, 0.15) is 16.5 Å². The predicted octanol–water partition coefficient (Wildman–Crippen LogP) is 1.52. The first-order chi connectivity index (χ1) is 17.9. The highest BCUT2D eigenvalue weighted by molar-refractivity contribution is 7.89. The van der Waals surface area contributed by atoms with Crippen LogP contribution in [-0.4, -0.2) is 105 Å². The Kier molecular flexibility index (Phi) is 7.75. The van der Waals surface area contributed by atoms with Gasteiger partial charge >= 0.3 is 0 Å². The smallest absolute Gasteiger partial charge is 0.295 e. The van der Waals surface area contributed by atoms with Crippen molar-refractivity contribution >= 4 is 38.8 Å². The fraction of sp³-hybridized carbons (Fsp3) is 0.440. The van der Waals surface area contributed by atoms with Crippen LogP contribution >= 0.6 is 11.3 Å². The second kappa shape index (κ2) is 11.0. The molecule has 1 aromatic heterocycles. The molecule has 1 amide bonds. The van der Waals surface area contributed by atoms with Crippen LogP contribution in [0.5, 0.6) is 0 Å². The summed E-state index contributed by atoms with van der Waals surface area (Å²) in [6.07, 6.45) is 0. The Morgan fingerprint density at radius 3 is 2.22 bits per heavy atom. The molecule has 12 heteroatoms. The molecule has 3 fully saturated rings. The molecule has 0 bridgehead atoms. The first kappa shape index (κ1) is 26.0. The molecule has 3 aliphatic heterocycles. The summed E-state index contributed by atoms with van der Waals surface area (Å²) >= 11 is 1.41. The second-order valence-electron chi connectivity index (χ2n) is 9.00. The number of carbonyl (C=O) groups is 2. The van der Waals surface area contributed by atoms with Crippen molar-refractivity contribution in [3.63, 3.8) is 0 Å². The summed E-state index contributed by atoms with van der Waals surface area (Å²) in [5, 5.41) is 13.1. The maximum Gasteiger partial charge on any atom is 0.295 e. The molecule has 4 heterocycles. The van der Waals surface area contributed by atoms with E-state index in [0.717, 1.165) is 18.0 Å². The molecule has 3 saturated heterocycles. The van der Waals surface area contributed by atoms with Gasteiger partial charge in [-0.1, -0.05) is 6.07 Å². The third kappa shape index (κ3) is 5.22. The van der Waals surface area contributed by atoms with Gasteiger partial charge in [0.2, 0.25) is 10.0 Å². The highest BCUT2D eigenvalue weighted by atomic mass is 32.2. The van der Waals surface area contributed by atoms with Crippen LogP contribution in [0.3, 0.4) is 0 Å². The number of likely N-dealkylation sites (tertiary alicyclic amines) is 1. The molecule has 10 nitrogen and oxygen atoms in total. The van der Waals surface area contributed by atoms with E-state index in [9.17, 15) is 23.1 Å². The molecule has 2 aromatic rings. The number of morpholine rings is 2. The minimum Gasteiger partial charge on any atom is -0.507 e. The molecule has 0 unspecified atom stereocenters. The van der Waals surface area contributed by atoms with Gasteiger partial charge in [0.15, 0.2) is 0 Å². The Bertz CT molecular complexity index is 1260. The number of aliphatic hydroxyl groups excluding tert-OH is 1. The SMILES string of the molecule is O=C1C(=O)N(CCN2CCOCC2)[C@H](c2cccs2)/C1=C(\O)c1ccc(S(=O)(=O)N2CCOCC2)cc1. The summed E-state index contributed by atoms with van der Waals surface area (Å²) in [4.78, 5) is 30.8. The van der Waals surface area contributed by atoms with Gasteiger partial charge in [-0.25, -0.2) is 8.42 Å². The van der Waals surface area contributed by atoms with Crippen LogP contribution in [0, 0.1) is 0 Å². The molecule has 1 aromatic carbocycles. The van der Waals surface area contributed by atoms with Crippen molar-refractivity contribution in [1.82, 2.24) is 14.1 Å². The summed E-state index contributed by atoms with van der Waals surface area (Å²) in [5.74, 6) is -1.72. The third-order valence-corrected chi connectivity index (χ3v) is 9.69. The largest absolute Gasteiger partial charge is 0.507 e. The zero-order chi connectivity index (χ0) is 26.0. The first-order valence-electron chi connectivity index (χ1n) is 12.2. The monoisotopic (exact) mass is 547 g/mol. The zero-order valence-corrected chi connectivity index (χ0v) is 21.9. The Morgan fingerprint density at radius 1 is 0.946 bits per heavy atom. The fourth-order valence-electron chi connectivity index (χ4n) is 4.80. The van der Waals surface area contributed by atoms with E-state index in [1.807, 2.05) is 17.5 Å². The lowest BCUT2D eigenvalue weighted by Crippen LogP contribution is -2.42. The average Bonchev–Trinajstić information content (AvgIpc) is 3.55. The predicted molar refractivity (Wildman–Crippen MR) is 137 cm³/mol. The number of benzene rings is 1. The Hall–Kier alpha value is -2.61. The normalized spacial score (nSPS) is 23.6. The van der Waals surface area contributed by atoms with E-state index in [1.54, 1.807) is 0 Å². The van der Waals surface area contributed by atoms with Crippen molar-refractivity contribution in [3.8, 4) is 0 Å². The van der Waals surface area contributed by atoms with E-state index in [-0.39, 0.29) is 34.9 Å². The van der Waals surface area contributed by atoms with Gasteiger partial charge in [0.25, 0.3) is 11.7 Å². The number of amides is 1. The molecule has 5 rings (SSSR count). The number of Topliss-reactive ketones (excluding diaryl/α,β-unsaturated/α-hetero) is 1. The van der Waals surface area contributed by atoms with Gasteiger partial charge in [-0.05, 0) is 35.7 Å². The van der Waals surface area contributed by atoms with Crippen LogP contribution in [0.2, 0.25) is 0 Å². The number of thiophene rings is 1. The summed E-state index contributed by atoms with van der Waals surface area (Å²) < 4.78 is 37.9. The number of rotatable bonds is 7. The van der Waals surface area contributed by atoms with E-state index < -0.39 is 27.8 Å². The summed E-state index contributed by atoms with van der Waals surface area (Å²) in [6, 6.07) is 8.73. The van der Waals surface area contributed by atoms with E-state index >= 15 is 0 Å². The lowest BCUT2D eigenvalue weighted by atomic mass is 10.00. The number of hydrogen-bond donors (Lipinski definition) is 1. The third-order valence-electron chi connectivity index (χ3n) is 6.85. The van der Waals surface area contributed by atoms with Crippen LogP contribution < -0.4 is 0 Å². The van der Waals surface area contributed by atoms with Crippen LogP contribution in [0.25, 0.3) is 5.76 Å². The van der Waals surface area contributed by atoms with Crippen molar-refractivity contribution < 1.29 is 32.6 Å². The topological polar surface area (TPSA) is 117 Å². The van der Waals surface area contributed by atoms with E-state index in [1.165, 1.54) is 44.8 Å². The highest BCUT2D eigenvalue weighted by Crippen LogP contribution is 2.41. The number of carbonyl (C=O) groups excluding carboxylic acids is 2. The van der Waals surface area contributed by atoms with Gasteiger partial charge in [-0.2, -0.15) is 4.31 Å². The van der Waals surface area contributed by atoms with Crippen molar-refractivity contribution in [2.24, 2.45) is 0 Å². The average molecular weight is 548 g/mol. The minimum absolute atomic E-state index is 0.0122. The molecule has 37 heavy (non-hydrogen) atoms. The van der Waals surface area contributed by atoms with Gasteiger partial charge < -0.3 is 19.5 Å². The molecule has 0 saturated carbocycles. The van der Waals surface area contributed by atoms with Gasteiger partial charge in [0.05, 0.1) is 42.9 Å². The van der Waals surface area contributed by atoms with Crippen molar-refractivity contribution in [2.45, 2.75) is 10.9 Å². The van der Waals surface area contributed by atoms with Gasteiger partial charge in [0.1, 0.15) is 5.76 Å². The maximum absolute atomic E-state index is 13.2. The van der Waals surface area contributed by atoms with Crippen molar-refractivity contribution in [1.29, 1.82) is 0 Å². The Labute approximate surface area is 219 Å². The lowest BCUT2D eigenvalue weighted by molar-refractivity contribution is -0.140. The molecule has 1 N–H and O–H groups in total. The summed E-state index contributed by atoms with van der Waals surface area (Å²) in [6.45, 7) is 4.93. The van der Waals surface area contributed by atoms with E-state index in [2.05, 4.69) is 4.90 Å². The zero-order valence-electron chi connectivity index (χ0n) is 20.2. The fourth-order valence-corrected chi connectivity index (χ4v) is 7.06. The Balaban J connectivity index is 1.44. The standard InChI is InChI=1S/C25H29N3O7S2/c29-23(18-3-5-19(6-4-18)37(32,33)27-11-15-35-16-12-27)21-22(20-2-1-17-36-20)28(25(31)24(21)30)8-7-26-9-13-34-14-10-26/h1-6,17,22,29H,7-16H2/b23-21+/t22-/m1/s1. The first-order valence-corrected chi connectivity index (χ1v) is 14.5. The van der Waals surface area contributed by atoms with Crippen LogP contribution in [-0.2, 0) is 29.1 Å². The van der Waals surface area contributed by atoms with Gasteiger partial charge in [-0.15, -0.1) is 11.3 Å². The lowest BCUT2D eigenvalue weighted by Gasteiger charge is -2.30. The maximum atomic E-state index is 13.2. The highest BCUT2D eigenvalue weighted by Gasteiger charge is 2.46. The van der Waals surface area contributed by atoms with Crippen molar-refractivity contribution in [3.05, 3.63) is 57.8 Å². The van der Waals surface area contributed by atoms with E-state index in [4.69, 9.17) is 9.47 Å². The second-order valence-corrected chi connectivity index (χ2v) is 11.9. The van der Waals surface area contributed by atoms with Crippen LogP contribution in [0.4, 0.5) is 0 Å². The molecular formula is C25H29N3O7S2. The molecule has 0 radical (unpaired) electrons. The number of ketones is 1. The molecule has 198 valence electrons. The van der Waals surface area contributed by atoms with Crippen LogP contribution in [0.15, 0.2) is 52.2 Å². The minimum atomic E-state index is -3.70. The van der Waals surface area contributed by atoms with E-state index in [0.29, 0.717) is 39.5 Å². The molecule has 0 spiro atoms. The molecule has 0 aliphatic carbocycles. The Morgan fingerprint density at radius 2 is 1.59 bits per heavy atom. The quantitative estimate of drug-likeness (QED) is 0.315. The summed E-state index contributed by atoms with van der Waals surface area (Å²) in [7, 11) is -3.70. The number of aliphatic hydroxyl groups is 1.